The molecule has 6 heavy (non-hydrogen) atoms. The van der Waals surface area contributed by atoms with E-state index in [1.165, 1.54) is 0 Å². The average Bonchev–Trinajstić information content (AvgIpc) is 2.22. The standard InChI is InChI=1S/C4H10N2/c1-4(5-2)3-6-4/h5-6H,3H2,1-2H3. The molecule has 1 unspecified atom stereocenters. The molecule has 0 aromatic carbocycles. The Morgan fingerprint density at radius 1 is 1.83 bits per heavy atom. The van der Waals surface area contributed by atoms with Crippen molar-refractivity contribution in [1.29, 1.82) is 0 Å². The second-order valence-corrected chi connectivity index (χ2v) is 1.94. The minimum absolute atomic E-state index is 0.292. The van der Waals surface area contributed by atoms with Gasteiger partial charge in [-0.3, -0.25) is 5.32 Å². The van der Waals surface area contributed by atoms with Crippen molar-refractivity contribution >= 4 is 0 Å². The zero-order valence-corrected chi connectivity index (χ0v) is 4.21. The fraction of sp³-hybridized carbons (Fsp3) is 1.00. The Kier molecular flexibility index (Phi) is 0.648. The SMILES string of the molecule is CNC1(C)CN1. The molecule has 36 valence electrons. The molecule has 1 heterocycles. The van der Waals surface area contributed by atoms with Crippen LogP contribution in [0.2, 0.25) is 0 Å². The predicted molar refractivity (Wildman–Crippen MR) is 25.5 cm³/mol. The molecule has 2 N–H and O–H groups in total. The van der Waals surface area contributed by atoms with E-state index in [1.54, 1.807) is 0 Å². The first-order chi connectivity index (χ1) is 2.77. The summed E-state index contributed by atoms with van der Waals surface area (Å²) in [4.78, 5) is 0. The molecule has 2 heteroatoms. The predicted octanol–water partition coefficient (Wildman–Crippen LogP) is -0.475. The van der Waals surface area contributed by atoms with E-state index in [2.05, 4.69) is 17.6 Å². The van der Waals surface area contributed by atoms with Gasteiger partial charge in [0.2, 0.25) is 0 Å². The van der Waals surface area contributed by atoms with Gasteiger partial charge in [0.25, 0.3) is 0 Å². The van der Waals surface area contributed by atoms with E-state index in [0.29, 0.717) is 5.66 Å². The highest BCUT2D eigenvalue weighted by Gasteiger charge is 2.33. The van der Waals surface area contributed by atoms with Gasteiger partial charge in [0.15, 0.2) is 0 Å². The van der Waals surface area contributed by atoms with E-state index in [0.717, 1.165) is 6.54 Å². The first-order valence-corrected chi connectivity index (χ1v) is 2.21. The minimum Gasteiger partial charge on any atom is -0.302 e. The summed E-state index contributed by atoms with van der Waals surface area (Å²) in [6, 6.07) is 0. The van der Waals surface area contributed by atoms with Crippen molar-refractivity contribution < 1.29 is 0 Å². The molecule has 1 saturated heterocycles. The van der Waals surface area contributed by atoms with Gasteiger partial charge in [-0.2, -0.15) is 0 Å². The molecule has 0 spiro atoms. The lowest BCUT2D eigenvalue weighted by Crippen LogP contribution is -2.27. The molecule has 0 aromatic rings. The Hall–Kier alpha value is -0.0800. The Labute approximate surface area is 37.9 Å². The van der Waals surface area contributed by atoms with Crippen molar-refractivity contribution in [3.63, 3.8) is 0 Å². The maximum absolute atomic E-state index is 3.15. The van der Waals surface area contributed by atoms with Gasteiger partial charge in [-0.25, -0.2) is 0 Å². The second kappa shape index (κ2) is 0.950. The van der Waals surface area contributed by atoms with E-state index in [9.17, 15) is 0 Å². The van der Waals surface area contributed by atoms with Crippen LogP contribution >= 0.6 is 0 Å². The maximum Gasteiger partial charge on any atom is 0.0785 e. The van der Waals surface area contributed by atoms with Crippen molar-refractivity contribution in [3.8, 4) is 0 Å². The molecule has 1 rings (SSSR count). The molecule has 0 radical (unpaired) electrons. The number of hydrogen-bond donors (Lipinski definition) is 2. The van der Waals surface area contributed by atoms with Crippen LogP contribution in [0.15, 0.2) is 0 Å². The molecule has 1 atom stereocenters. The van der Waals surface area contributed by atoms with Gasteiger partial charge in [-0.05, 0) is 14.0 Å². The molecule has 0 saturated carbocycles. The van der Waals surface area contributed by atoms with E-state index >= 15 is 0 Å². The van der Waals surface area contributed by atoms with Crippen molar-refractivity contribution in [2.75, 3.05) is 13.6 Å². The third-order valence-corrected chi connectivity index (χ3v) is 1.26. The normalized spacial score (nSPS) is 43.0. The quantitative estimate of drug-likeness (QED) is 0.423. The number of hydrogen-bond acceptors (Lipinski definition) is 2. The van der Waals surface area contributed by atoms with Crippen LogP contribution in [0.5, 0.6) is 0 Å². The Bertz CT molecular complexity index is 56.6. The number of rotatable bonds is 1. The zero-order chi connectivity index (χ0) is 4.62. The van der Waals surface area contributed by atoms with Crippen LogP contribution in [-0.4, -0.2) is 19.3 Å². The summed E-state index contributed by atoms with van der Waals surface area (Å²) in [5, 5.41) is 6.25. The van der Waals surface area contributed by atoms with Gasteiger partial charge in [0, 0.05) is 6.54 Å². The fourth-order valence-corrected chi connectivity index (χ4v) is 0.309. The zero-order valence-electron chi connectivity index (χ0n) is 4.21. The third-order valence-electron chi connectivity index (χ3n) is 1.26. The molecule has 1 aliphatic heterocycles. The molecule has 0 aliphatic carbocycles. The third kappa shape index (κ3) is 0.533. The summed E-state index contributed by atoms with van der Waals surface area (Å²) >= 11 is 0. The first-order valence-electron chi connectivity index (χ1n) is 2.21. The van der Waals surface area contributed by atoms with Crippen LogP contribution in [-0.2, 0) is 0 Å². The lowest BCUT2D eigenvalue weighted by atomic mass is 10.4. The minimum atomic E-state index is 0.292. The first kappa shape index (κ1) is 4.09. The van der Waals surface area contributed by atoms with Crippen LogP contribution < -0.4 is 10.6 Å². The van der Waals surface area contributed by atoms with E-state index in [1.807, 2.05) is 7.05 Å². The molecular formula is C4H10N2. The number of nitrogens with one attached hydrogen (secondary N) is 2. The summed E-state index contributed by atoms with van der Waals surface area (Å²) in [5.41, 5.74) is 0.292. The highest BCUT2D eigenvalue weighted by molar-refractivity contribution is 4.95. The Balaban J connectivity index is 2.28. The van der Waals surface area contributed by atoms with Gasteiger partial charge in [0.05, 0.1) is 5.66 Å². The average molecular weight is 86.1 g/mol. The maximum atomic E-state index is 3.15. The highest BCUT2D eigenvalue weighted by Crippen LogP contribution is 2.07. The molecule has 0 bridgehead atoms. The molecule has 1 fully saturated rings. The monoisotopic (exact) mass is 86.1 g/mol. The van der Waals surface area contributed by atoms with Crippen LogP contribution in [0.3, 0.4) is 0 Å². The highest BCUT2D eigenvalue weighted by atomic mass is 15.3. The van der Waals surface area contributed by atoms with Crippen molar-refractivity contribution in [2.24, 2.45) is 0 Å². The van der Waals surface area contributed by atoms with Gasteiger partial charge >= 0.3 is 0 Å². The summed E-state index contributed by atoms with van der Waals surface area (Å²) < 4.78 is 0. The lowest BCUT2D eigenvalue weighted by molar-refractivity contribution is 0.593. The largest absolute Gasteiger partial charge is 0.302 e. The van der Waals surface area contributed by atoms with Crippen LogP contribution in [0, 0.1) is 0 Å². The second-order valence-electron chi connectivity index (χ2n) is 1.94. The number of likely N-dealkylation sites (N-methyl/N-ethyl adjacent to an activating group) is 1. The van der Waals surface area contributed by atoms with Gasteiger partial charge < -0.3 is 5.32 Å². The van der Waals surface area contributed by atoms with Gasteiger partial charge in [-0.15, -0.1) is 0 Å². The lowest BCUT2D eigenvalue weighted by Gasteiger charge is -1.99. The van der Waals surface area contributed by atoms with Crippen LogP contribution in [0.25, 0.3) is 0 Å². The van der Waals surface area contributed by atoms with Crippen molar-refractivity contribution in [3.05, 3.63) is 0 Å². The van der Waals surface area contributed by atoms with E-state index < -0.39 is 0 Å². The molecule has 2 nitrogen and oxygen atoms in total. The van der Waals surface area contributed by atoms with Crippen LogP contribution in [0.4, 0.5) is 0 Å². The summed E-state index contributed by atoms with van der Waals surface area (Å²) in [7, 11) is 1.96. The summed E-state index contributed by atoms with van der Waals surface area (Å²) in [6.45, 7) is 3.25. The van der Waals surface area contributed by atoms with Crippen molar-refractivity contribution in [2.45, 2.75) is 12.6 Å². The molecule has 0 aromatic heterocycles. The summed E-state index contributed by atoms with van der Waals surface area (Å²) in [6.07, 6.45) is 0. The van der Waals surface area contributed by atoms with Crippen molar-refractivity contribution in [1.82, 2.24) is 10.6 Å². The van der Waals surface area contributed by atoms with Crippen LogP contribution in [0.1, 0.15) is 6.92 Å². The Morgan fingerprint density at radius 3 is 2.33 bits per heavy atom. The summed E-state index contributed by atoms with van der Waals surface area (Å²) in [5.74, 6) is 0. The van der Waals surface area contributed by atoms with E-state index in [-0.39, 0.29) is 0 Å². The van der Waals surface area contributed by atoms with E-state index in [4.69, 9.17) is 0 Å². The molecule has 1 aliphatic rings. The van der Waals surface area contributed by atoms with Gasteiger partial charge in [-0.1, -0.05) is 0 Å². The fourth-order valence-electron chi connectivity index (χ4n) is 0.309. The topological polar surface area (TPSA) is 34.0 Å². The smallest absolute Gasteiger partial charge is 0.0785 e. The molecule has 0 amide bonds. The Morgan fingerprint density at radius 2 is 2.33 bits per heavy atom. The molecular weight excluding hydrogens is 76.1 g/mol. The van der Waals surface area contributed by atoms with Gasteiger partial charge in [0.1, 0.15) is 0 Å².